The molecule has 0 spiro atoms. The molecule has 7 rings (SSSR count). The summed E-state index contributed by atoms with van der Waals surface area (Å²) in [5, 5.41) is 0. The number of hydrogen-bond donors (Lipinski definition) is 0. The molecule has 0 N–H and O–H groups in total. The minimum atomic E-state index is -3.80. The van der Waals surface area contributed by atoms with Gasteiger partial charge in [-0.1, -0.05) is 0 Å². The van der Waals surface area contributed by atoms with E-state index in [1.54, 1.807) is 11.1 Å². The molecule has 0 aromatic heterocycles. The maximum atomic E-state index is 2.80. The Labute approximate surface area is 234 Å². The van der Waals surface area contributed by atoms with Gasteiger partial charge in [0.2, 0.25) is 0 Å². The normalized spacial score (nSPS) is 19.7. The molecule has 1 heteroatoms. The quantitative estimate of drug-likeness (QED) is 0.189. The summed E-state index contributed by atoms with van der Waals surface area (Å²) < 4.78 is 8.63. The van der Waals surface area contributed by atoms with E-state index in [-0.39, 0.29) is 0 Å². The molecule has 39 heavy (non-hydrogen) atoms. The molecule has 0 heterocycles. The molecule has 4 aromatic rings. The van der Waals surface area contributed by atoms with Crippen LogP contribution >= 0.6 is 0 Å². The summed E-state index contributed by atoms with van der Waals surface area (Å²) in [6.45, 7) is 4.34. The first-order valence-corrected chi connectivity index (χ1v) is 27.8. The van der Waals surface area contributed by atoms with Crippen molar-refractivity contribution in [3.8, 4) is 22.3 Å². The van der Waals surface area contributed by atoms with Gasteiger partial charge in [-0.05, 0) is 0 Å². The molecule has 0 bridgehead atoms. The van der Waals surface area contributed by atoms with Crippen LogP contribution in [0.5, 0.6) is 0 Å². The minimum absolute atomic E-state index is 0.543. The molecule has 1 fully saturated rings. The van der Waals surface area contributed by atoms with Crippen molar-refractivity contribution in [1.82, 2.24) is 0 Å². The van der Waals surface area contributed by atoms with Crippen LogP contribution in [0.25, 0.3) is 34.4 Å². The molecule has 3 aliphatic rings. The molecule has 0 amide bonds. The Balaban J connectivity index is 1.39. The van der Waals surface area contributed by atoms with Crippen LogP contribution in [0.3, 0.4) is 0 Å². The van der Waals surface area contributed by atoms with Crippen LogP contribution < -0.4 is 0 Å². The van der Waals surface area contributed by atoms with Gasteiger partial charge in [-0.2, -0.15) is 0 Å². The van der Waals surface area contributed by atoms with Crippen molar-refractivity contribution in [1.29, 1.82) is 0 Å². The first-order chi connectivity index (χ1) is 18.8. The van der Waals surface area contributed by atoms with Crippen LogP contribution in [0.1, 0.15) is 60.0 Å². The Morgan fingerprint density at radius 2 is 1.00 bits per heavy atom. The Kier molecular flexibility index (Phi) is 5.83. The molecule has 0 saturated heterocycles. The van der Waals surface area contributed by atoms with Gasteiger partial charge in [0.1, 0.15) is 0 Å². The Bertz CT molecular complexity index is 1610. The molecule has 1 saturated carbocycles. The third-order valence-electron chi connectivity index (χ3n) is 10.6. The second-order valence-electron chi connectivity index (χ2n) is 13.1. The number of rotatable bonds is 4. The Morgan fingerprint density at radius 1 is 0.564 bits per heavy atom. The van der Waals surface area contributed by atoms with E-state index in [0.29, 0.717) is 7.35 Å². The third-order valence-corrected chi connectivity index (χ3v) is 37.8. The molecule has 3 aliphatic carbocycles. The van der Waals surface area contributed by atoms with Crippen molar-refractivity contribution in [3.63, 3.8) is 0 Å². The average molecular weight is 673 g/mol. The summed E-state index contributed by atoms with van der Waals surface area (Å²) in [6.07, 6.45) is 14.2. The van der Waals surface area contributed by atoms with E-state index < -0.39 is 18.0 Å². The maximum absolute atomic E-state index is 3.80. The van der Waals surface area contributed by atoms with Crippen LogP contribution in [-0.2, 0) is 18.0 Å². The van der Waals surface area contributed by atoms with Crippen LogP contribution in [0.4, 0.5) is 0 Å². The summed E-state index contributed by atoms with van der Waals surface area (Å²) in [5.41, 5.74) is 14.1. The summed E-state index contributed by atoms with van der Waals surface area (Å²) >= 11 is -3.80. The van der Waals surface area contributed by atoms with Crippen LogP contribution in [0.2, 0.25) is 9.36 Å². The zero-order valence-electron chi connectivity index (χ0n) is 23.7. The zero-order valence-corrected chi connectivity index (χ0v) is 27.3. The molecule has 4 aromatic carbocycles. The van der Waals surface area contributed by atoms with E-state index in [4.69, 9.17) is 0 Å². The molecule has 0 radical (unpaired) electrons. The molecule has 0 aliphatic heterocycles. The fraction of sp³-hybridized carbons (Fsp3) is 0.237. The number of allylic oxidation sites excluding steroid dienone is 2. The number of benzene rings is 4. The van der Waals surface area contributed by atoms with Gasteiger partial charge in [0.05, 0.1) is 0 Å². The molecule has 0 nitrogen and oxygen atoms in total. The van der Waals surface area contributed by atoms with E-state index in [1.807, 2.05) is 3.26 Å². The molecular weight excluding hydrogens is 635 g/mol. The van der Waals surface area contributed by atoms with Crippen molar-refractivity contribution in [3.05, 3.63) is 130 Å². The standard InChI is InChI=1S/2C16H13.C4H6.2CH3.Hf/c2*1-12-8-10-14(11-9-12)16-7-3-5-13-4-2-6-15(13)16;1-2-4-3-1;;;/h2*2-11H,1H3;1-3H2;2*1H3;. The molecule has 194 valence electrons. The van der Waals surface area contributed by atoms with E-state index in [9.17, 15) is 0 Å². The summed E-state index contributed by atoms with van der Waals surface area (Å²) in [5.74, 6) is 0. The zero-order chi connectivity index (χ0) is 26.8. The van der Waals surface area contributed by atoms with Gasteiger partial charge in [-0.25, -0.2) is 0 Å². The topological polar surface area (TPSA) is 0 Å². The van der Waals surface area contributed by atoms with Crippen LogP contribution in [0.15, 0.2) is 97.1 Å². The van der Waals surface area contributed by atoms with Crippen LogP contribution in [0, 0.1) is 13.8 Å². The van der Waals surface area contributed by atoms with Crippen molar-refractivity contribution in [2.24, 2.45) is 0 Å². The second kappa shape index (κ2) is 9.07. The monoisotopic (exact) mass is 674 g/mol. The summed E-state index contributed by atoms with van der Waals surface area (Å²) in [6, 6.07) is 32.3. The fourth-order valence-corrected chi connectivity index (χ4v) is 33.1. The third kappa shape index (κ3) is 3.76. The van der Waals surface area contributed by atoms with Gasteiger partial charge in [-0.3, -0.25) is 0 Å². The van der Waals surface area contributed by atoms with Gasteiger partial charge in [-0.15, -0.1) is 0 Å². The second-order valence-corrected chi connectivity index (χ2v) is 38.9. The van der Waals surface area contributed by atoms with Crippen molar-refractivity contribution in [2.75, 3.05) is 0 Å². The van der Waals surface area contributed by atoms with Crippen molar-refractivity contribution in [2.45, 2.75) is 49.8 Å². The predicted molar refractivity (Wildman–Crippen MR) is 167 cm³/mol. The molecule has 2 atom stereocenters. The molecular formula is C38H38Hf. The SMILES string of the molecule is Cc1ccc(-c2cccc3c2C=C[CH]3[Hf]([CH3])([CH3])(=[C]2CCC2)[CH]2C=Cc3c(-c4ccc(C)cc4)cccc32)cc1. The van der Waals surface area contributed by atoms with E-state index >= 15 is 0 Å². The van der Waals surface area contributed by atoms with Crippen molar-refractivity contribution >= 4 is 15.4 Å². The Morgan fingerprint density at radius 3 is 1.38 bits per heavy atom. The van der Waals surface area contributed by atoms with Crippen LogP contribution in [-0.4, -0.2) is 3.26 Å². The predicted octanol–water partition coefficient (Wildman–Crippen LogP) is 10.6. The number of fused-ring (bicyclic) bond motifs is 2. The summed E-state index contributed by atoms with van der Waals surface area (Å²) in [4.78, 5) is 0. The van der Waals surface area contributed by atoms with Gasteiger partial charge >= 0.3 is 236 Å². The van der Waals surface area contributed by atoms with E-state index in [0.717, 1.165) is 0 Å². The van der Waals surface area contributed by atoms with Gasteiger partial charge < -0.3 is 0 Å². The number of aryl methyl sites for hydroxylation is 2. The van der Waals surface area contributed by atoms with Gasteiger partial charge in [0.15, 0.2) is 0 Å². The fourth-order valence-electron chi connectivity index (χ4n) is 7.97. The van der Waals surface area contributed by atoms with Crippen molar-refractivity contribution < 1.29 is 18.0 Å². The Hall–Kier alpha value is -2.90. The average Bonchev–Trinajstić information content (AvgIpc) is 3.54. The van der Waals surface area contributed by atoms with E-state index in [2.05, 4.69) is 132 Å². The van der Waals surface area contributed by atoms with Gasteiger partial charge in [0.25, 0.3) is 0 Å². The molecule has 2 unspecified atom stereocenters. The summed E-state index contributed by atoms with van der Waals surface area (Å²) in [7, 11) is 0. The first-order valence-electron chi connectivity index (χ1n) is 14.7. The number of hydrogen-bond acceptors (Lipinski definition) is 0. The van der Waals surface area contributed by atoms with E-state index in [1.165, 1.54) is 63.8 Å². The first kappa shape index (κ1) is 25.1. The van der Waals surface area contributed by atoms with Gasteiger partial charge in [0, 0.05) is 0 Å².